The van der Waals surface area contributed by atoms with Gasteiger partial charge in [-0.05, 0) is 44.0 Å². The van der Waals surface area contributed by atoms with E-state index >= 15 is 0 Å². The quantitative estimate of drug-likeness (QED) is 0.911. The lowest BCUT2D eigenvalue weighted by molar-refractivity contribution is 0.200. The Morgan fingerprint density at radius 1 is 1.45 bits per heavy atom. The normalized spacial score (nSPS) is 18.2. The van der Waals surface area contributed by atoms with Crippen LogP contribution in [0.3, 0.4) is 0 Å². The number of pyridine rings is 1. The predicted octanol–water partition coefficient (Wildman–Crippen LogP) is 3.35. The lowest BCUT2D eigenvalue weighted by Gasteiger charge is -2.23. The highest BCUT2D eigenvalue weighted by Gasteiger charge is 2.31. The van der Waals surface area contributed by atoms with E-state index in [0.717, 1.165) is 30.8 Å². The van der Waals surface area contributed by atoms with Gasteiger partial charge < -0.3 is 14.6 Å². The van der Waals surface area contributed by atoms with Crippen molar-refractivity contribution in [1.82, 2.24) is 9.88 Å². The topological polar surface area (TPSA) is 58.4 Å². The summed E-state index contributed by atoms with van der Waals surface area (Å²) in [5.41, 5.74) is 1.64. The van der Waals surface area contributed by atoms with E-state index < -0.39 is 0 Å². The molecule has 104 valence electrons. The van der Waals surface area contributed by atoms with Crippen molar-refractivity contribution < 1.29 is 9.21 Å². The minimum absolute atomic E-state index is 0.0309. The molecule has 0 saturated carbocycles. The van der Waals surface area contributed by atoms with Crippen molar-refractivity contribution in [3.05, 3.63) is 48.2 Å². The maximum atomic E-state index is 12.4. The zero-order valence-electron chi connectivity index (χ0n) is 11.4. The third kappa shape index (κ3) is 2.52. The molecule has 0 radical (unpaired) electrons. The Bertz CT molecular complexity index is 578. The summed E-state index contributed by atoms with van der Waals surface area (Å²) in [6.45, 7) is 2.66. The second-order valence-electron chi connectivity index (χ2n) is 4.99. The number of rotatable bonds is 2. The van der Waals surface area contributed by atoms with Crippen LogP contribution in [0.25, 0.3) is 0 Å². The zero-order chi connectivity index (χ0) is 13.9. The van der Waals surface area contributed by atoms with E-state index in [1.54, 1.807) is 12.5 Å². The number of aromatic nitrogens is 1. The maximum absolute atomic E-state index is 12.4. The first-order valence-electron chi connectivity index (χ1n) is 6.78. The molecule has 1 saturated heterocycles. The van der Waals surface area contributed by atoms with Crippen LogP contribution in [-0.2, 0) is 0 Å². The fourth-order valence-electron chi connectivity index (χ4n) is 2.52. The van der Waals surface area contributed by atoms with Gasteiger partial charge in [0, 0.05) is 12.2 Å². The third-order valence-electron chi connectivity index (χ3n) is 3.55. The fraction of sp³-hybridized carbons (Fsp3) is 0.333. The van der Waals surface area contributed by atoms with Crippen molar-refractivity contribution in [2.24, 2.45) is 0 Å². The second-order valence-corrected chi connectivity index (χ2v) is 4.99. The van der Waals surface area contributed by atoms with E-state index in [0.29, 0.717) is 5.69 Å². The Balaban J connectivity index is 1.71. The summed E-state index contributed by atoms with van der Waals surface area (Å²) in [5, 5.41) is 2.89. The average molecular weight is 271 g/mol. The molecule has 1 aliphatic rings. The average Bonchev–Trinajstić information content (AvgIpc) is 3.11. The number of amides is 2. The minimum Gasteiger partial charge on any atom is -0.467 e. The lowest BCUT2D eigenvalue weighted by atomic mass is 10.2. The van der Waals surface area contributed by atoms with Crippen LogP contribution < -0.4 is 5.32 Å². The Labute approximate surface area is 117 Å². The van der Waals surface area contributed by atoms with E-state index in [1.165, 1.54) is 0 Å². The smallest absolute Gasteiger partial charge is 0.322 e. The number of furan rings is 1. The molecule has 0 spiro atoms. The molecule has 5 nitrogen and oxygen atoms in total. The molecule has 2 aromatic rings. The molecule has 1 atom stereocenters. The molecule has 1 aliphatic heterocycles. The van der Waals surface area contributed by atoms with E-state index in [-0.39, 0.29) is 12.1 Å². The third-order valence-corrected chi connectivity index (χ3v) is 3.55. The molecule has 0 unspecified atom stereocenters. The number of aryl methyl sites for hydroxylation is 1. The molecular weight excluding hydrogens is 254 g/mol. The van der Waals surface area contributed by atoms with Crippen LogP contribution in [0.5, 0.6) is 0 Å². The molecule has 3 heterocycles. The summed E-state index contributed by atoms with van der Waals surface area (Å²) in [4.78, 5) is 18.3. The number of hydrogen-bond acceptors (Lipinski definition) is 3. The molecule has 0 bridgehead atoms. The Morgan fingerprint density at radius 2 is 2.35 bits per heavy atom. The molecule has 2 amide bonds. The summed E-state index contributed by atoms with van der Waals surface area (Å²) < 4.78 is 5.43. The highest BCUT2D eigenvalue weighted by atomic mass is 16.3. The van der Waals surface area contributed by atoms with Crippen LogP contribution >= 0.6 is 0 Å². The van der Waals surface area contributed by atoms with Crippen molar-refractivity contribution in [3.8, 4) is 0 Å². The summed E-state index contributed by atoms with van der Waals surface area (Å²) in [7, 11) is 0. The first-order chi connectivity index (χ1) is 9.74. The van der Waals surface area contributed by atoms with Gasteiger partial charge in [0.15, 0.2) is 0 Å². The van der Waals surface area contributed by atoms with Crippen LogP contribution in [-0.4, -0.2) is 22.5 Å². The van der Waals surface area contributed by atoms with Gasteiger partial charge in [0.1, 0.15) is 5.76 Å². The molecule has 5 heteroatoms. The maximum Gasteiger partial charge on any atom is 0.322 e. The second kappa shape index (κ2) is 5.36. The van der Waals surface area contributed by atoms with E-state index in [2.05, 4.69) is 10.3 Å². The van der Waals surface area contributed by atoms with Gasteiger partial charge in [-0.2, -0.15) is 0 Å². The molecule has 20 heavy (non-hydrogen) atoms. The summed E-state index contributed by atoms with van der Waals surface area (Å²) in [5.74, 6) is 0.847. The number of nitrogens with one attached hydrogen (secondary N) is 1. The van der Waals surface area contributed by atoms with Crippen molar-refractivity contribution >= 4 is 11.7 Å². The van der Waals surface area contributed by atoms with Gasteiger partial charge in [-0.1, -0.05) is 0 Å². The van der Waals surface area contributed by atoms with Gasteiger partial charge in [-0.25, -0.2) is 4.79 Å². The number of anilines is 1. The summed E-state index contributed by atoms with van der Waals surface area (Å²) >= 11 is 0. The summed E-state index contributed by atoms with van der Waals surface area (Å²) in [6.07, 6.45) is 5.25. The molecule has 2 aromatic heterocycles. The number of urea groups is 1. The molecule has 1 fully saturated rings. The van der Waals surface area contributed by atoms with Gasteiger partial charge in [0.25, 0.3) is 0 Å². The van der Waals surface area contributed by atoms with Crippen LogP contribution in [0.2, 0.25) is 0 Å². The molecule has 3 rings (SSSR count). The minimum atomic E-state index is -0.102. The monoisotopic (exact) mass is 271 g/mol. The highest BCUT2D eigenvalue weighted by molar-refractivity contribution is 5.89. The van der Waals surface area contributed by atoms with E-state index in [4.69, 9.17) is 4.42 Å². The van der Waals surface area contributed by atoms with E-state index in [9.17, 15) is 4.79 Å². The number of hydrogen-bond donors (Lipinski definition) is 1. The van der Waals surface area contributed by atoms with Gasteiger partial charge >= 0.3 is 6.03 Å². The van der Waals surface area contributed by atoms with Crippen molar-refractivity contribution in [2.45, 2.75) is 25.8 Å². The van der Waals surface area contributed by atoms with Gasteiger partial charge in [-0.3, -0.25) is 4.98 Å². The van der Waals surface area contributed by atoms with Gasteiger partial charge in [0.05, 0.1) is 24.2 Å². The molecule has 0 aliphatic carbocycles. The standard InChI is InChI=1S/C15H17N3O2/c1-11-6-7-12(10-16-11)17-15(19)18-8-2-4-13(18)14-5-3-9-20-14/h3,5-7,9-10,13H,2,4,8H2,1H3,(H,17,19)/t13-/m0/s1. The van der Waals surface area contributed by atoms with E-state index in [1.807, 2.05) is 36.1 Å². The van der Waals surface area contributed by atoms with Crippen LogP contribution in [0, 0.1) is 6.92 Å². The SMILES string of the molecule is Cc1ccc(NC(=O)N2CCC[C@H]2c2ccco2)cn1. The number of nitrogens with zero attached hydrogens (tertiary/aromatic N) is 2. The van der Waals surface area contributed by atoms with Crippen molar-refractivity contribution in [3.63, 3.8) is 0 Å². The van der Waals surface area contributed by atoms with Gasteiger partial charge in [-0.15, -0.1) is 0 Å². The first-order valence-corrected chi connectivity index (χ1v) is 6.78. The van der Waals surface area contributed by atoms with Crippen LogP contribution in [0.1, 0.15) is 30.3 Å². The Kier molecular flexibility index (Phi) is 3.41. The Morgan fingerprint density at radius 3 is 3.05 bits per heavy atom. The first kappa shape index (κ1) is 12.7. The predicted molar refractivity (Wildman–Crippen MR) is 75.4 cm³/mol. The van der Waals surface area contributed by atoms with Crippen molar-refractivity contribution in [2.75, 3.05) is 11.9 Å². The Hall–Kier alpha value is -2.30. The fourth-order valence-corrected chi connectivity index (χ4v) is 2.52. The number of carbonyl (C=O) groups excluding carboxylic acids is 1. The van der Waals surface area contributed by atoms with Gasteiger partial charge in [0.2, 0.25) is 0 Å². The van der Waals surface area contributed by atoms with Crippen molar-refractivity contribution in [1.29, 1.82) is 0 Å². The lowest BCUT2D eigenvalue weighted by Crippen LogP contribution is -2.34. The summed E-state index contributed by atoms with van der Waals surface area (Å²) in [6, 6.07) is 7.44. The van der Waals surface area contributed by atoms with Crippen LogP contribution in [0.4, 0.5) is 10.5 Å². The number of carbonyl (C=O) groups is 1. The molecular formula is C15H17N3O2. The zero-order valence-corrected chi connectivity index (χ0v) is 11.4. The largest absolute Gasteiger partial charge is 0.467 e. The molecule has 1 N–H and O–H groups in total. The molecule has 0 aromatic carbocycles. The van der Waals surface area contributed by atoms with Crippen LogP contribution in [0.15, 0.2) is 41.1 Å². The highest BCUT2D eigenvalue weighted by Crippen LogP contribution is 2.32. The number of likely N-dealkylation sites (tertiary alicyclic amines) is 1.